The first-order valence-electron chi connectivity index (χ1n) is 7.65. The van der Waals surface area contributed by atoms with Crippen LogP contribution in [0, 0.1) is 10.1 Å². The minimum atomic E-state index is -0.556. The van der Waals surface area contributed by atoms with Gasteiger partial charge >= 0.3 is 5.97 Å². The molecule has 0 unspecified atom stereocenters. The molecule has 0 spiro atoms. The van der Waals surface area contributed by atoms with Crippen LogP contribution in [0.15, 0.2) is 65.3 Å². The topological polar surface area (TPSA) is 91.0 Å². The predicted octanol–water partition coefficient (Wildman–Crippen LogP) is 3.61. The smallest absolute Gasteiger partial charge is 0.363 e. The molecule has 0 amide bonds. The van der Waals surface area contributed by atoms with Gasteiger partial charge in [-0.2, -0.15) is 0 Å². The number of nitro benzene ring substituents is 1. The van der Waals surface area contributed by atoms with E-state index in [0.29, 0.717) is 11.3 Å². The number of non-ortho nitro benzene ring substituents is 1. The highest BCUT2D eigenvalue weighted by Gasteiger charge is 2.21. The van der Waals surface area contributed by atoms with E-state index in [0.717, 1.165) is 5.56 Å². The Balaban J connectivity index is 1.79. The summed E-state index contributed by atoms with van der Waals surface area (Å²) in [5.41, 5.74) is 1.61. The number of aliphatic imine (C=N–C) groups is 1. The Kier molecular flexibility index (Phi) is 4.89. The van der Waals surface area contributed by atoms with E-state index in [4.69, 9.17) is 9.47 Å². The number of carbonyl (C=O) groups is 1. The highest BCUT2D eigenvalue weighted by molar-refractivity contribution is 6.11. The number of esters is 1. The molecule has 2 aromatic rings. The summed E-state index contributed by atoms with van der Waals surface area (Å²) in [5, 5.41) is 10.6. The minimum Gasteiger partial charge on any atom is -0.496 e. The van der Waals surface area contributed by atoms with Crippen molar-refractivity contribution in [2.75, 3.05) is 7.11 Å². The lowest BCUT2D eigenvalue weighted by atomic mass is 10.1. The highest BCUT2D eigenvalue weighted by atomic mass is 16.6. The summed E-state index contributed by atoms with van der Waals surface area (Å²) < 4.78 is 10.4. The van der Waals surface area contributed by atoms with E-state index >= 15 is 0 Å². The number of benzene rings is 2. The van der Waals surface area contributed by atoms with Gasteiger partial charge in [0.1, 0.15) is 5.75 Å². The Hall–Kier alpha value is -3.74. The maximum absolute atomic E-state index is 12.0. The molecule has 0 saturated heterocycles. The number of carbonyl (C=O) groups excluding carboxylic acids is 1. The summed E-state index contributed by atoms with van der Waals surface area (Å²) in [6.07, 6.45) is 4.78. The Morgan fingerprint density at radius 3 is 2.54 bits per heavy atom. The van der Waals surface area contributed by atoms with Gasteiger partial charge in [0, 0.05) is 23.8 Å². The molecule has 1 aliphatic rings. The van der Waals surface area contributed by atoms with Crippen LogP contribution in [-0.2, 0) is 9.53 Å². The first-order chi connectivity index (χ1) is 12.6. The number of para-hydroxylation sites is 1. The Bertz CT molecular complexity index is 943. The van der Waals surface area contributed by atoms with Gasteiger partial charge in [0.15, 0.2) is 5.70 Å². The summed E-state index contributed by atoms with van der Waals surface area (Å²) >= 11 is 0. The second kappa shape index (κ2) is 7.43. The van der Waals surface area contributed by atoms with Crippen molar-refractivity contribution in [1.82, 2.24) is 0 Å². The van der Waals surface area contributed by atoms with Gasteiger partial charge in [-0.15, -0.1) is 0 Å². The third-order valence-corrected chi connectivity index (χ3v) is 3.59. The number of ether oxygens (including phenoxy) is 2. The first kappa shape index (κ1) is 17.1. The molecular formula is C19H14N2O5. The molecule has 0 bridgehead atoms. The zero-order valence-electron chi connectivity index (χ0n) is 13.8. The van der Waals surface area contributed by atoms with E-state index in [1.54, 1.807) is 43.5 Å². The molecule has 0 atom stereocenters. The average Bonchev–Trinajstić information content (AvgIpc) is 3.00. The van der Waals surface area contributed by atoms with Crippen molar-refractivity contribution >= 4 is 29.7 Å². The van der Waals surface area contributed by atoms with E-state index in [9.17, 15) is 14.9 Å². The van der Waals surface area contributed by atoms with Crippen LogP contribution in [-0.4, -0.2) is 23.9 Å². The maximum atomic E-state index is 12.0. The molecule has 0 N–H and O–H groups in total. The Morgan fingerprint density at radius 1 is 1.12 bits per heavy atom. The molecule has 26 heavy (non-hydrogen) atoms. The van der Waals surface area contributed by atoms with Crippen LogP contribution in [0.1, 0.15) is 11.1 Å². The molecule has 7 nitrogen and oxygen atoms in total. The zero-order chi connectivity index (χ0) is 18.5. The van der Waals surface area contributed by atoms with Gasteiger partial charge in [-0.3, -0.25) is 10.1 Å². The van der Waals surface area contributed by atoms with Gasteiger partial charge in [-0.25, -0.2) is 9.79 Å². The number of hydrogen-bond acceptors (Lipinski definition) is 6. The van der Waals surface area contributed by atoms with Gasteiger partial charge in [-0.1, -0.05) is 18.2 Å². The number of nitrogens with zero attached hydrogens (tertiary/aromatic N) is 2. The number of nitro groups is 1. The quantitative estimate of drug-likeness (QED) is 0.355. The van der Waals surface area contributed by atoms with Crippen molar-refractivity contribution in [3.63, 3.8) is 0 Å². The van der Waals surface area contributed by atoms with Crippen molar-refractivity contribution in [2.45, 2.75) is 0 Å². The third kappa shape index (κ3) is 3.84. The SMILES string of the molecule is COc1ccccc1/C=C1N=C(/C=C/c2ccc([N+](=O)[O-])cc2)OC/1=O. The second-order valence-electron chi connectivity index (χ2n) is 5.29. The molecule has 0 fully saturated rings. The maximum Gasteiger partial charge on any atom is 0.363 e. The van der Waals surface area contributed by atoms with Gasteiger partial charge in [0.05, 0.1) is 12.0 Å². The van der Waals surface area contributed by atoms with Crippen molar-refractivity contribution in [2.24, 2.45) is 4.99 Å². The van der Waals surface area contributed by atoms with Gasteiger partial charge in [-0.05, 0) is 35.9 Å². The summed E-state index contributed by atoms with van der Waals surface area (Å²) in [7, 11) is 1.55. The molecule has 3 rings (SSSR count). The Labute approximate surface area is 149 Å². The van der Waals surface area contributed by atoms with Crippen LogP contribution in [0.25, 0.3) is 12.2 Å². The lowest BCUT2D eigenvalue weighted by Crippen LogP contribution is -2.01. The number of rotatable bonds is 5. The number of methoxy groups -OCH3 is 1. The second-order valence-corrected chi connectivity index (χ2v) is 5.29. The summed E-state index contributed by atoms with van der Waals surface area (Å²) in [6.45, 7) is 0. The van der Waals surface area contributed by atoms with Crippen LogP contribution in [0.4, 0.5) is 5.69 Å². The first-order valence-corrected chi connectivity index (χ1v) is 7.65. The molecule has 7 heteroatoms. The minimum absolute atomic E-state index is 0.00816. The molecule has 2 aromatic carbocycles. The van der Waals surface area contributed by atoms with Crippen molar-refractivity contribution in [3.8, 4) is 5.75 Å². The average molecular weight is 350 g/mol. The standard InChI is InChI=1S/C19H14N2O5/c1-25-17-5-3-2-4-14(17)12-16-19(22)26-18(20-16)11-8-13-6-9-15(10-7-13)21(23)24/h2-12H,1H3/b11-8+,16-12+. The molecule has 0 aromatic heterocycles. The third-order valence-electron chi connectivity index (χ3n) is 3.59. The number of cyclic esters (lactones) is 1. The van der Waals surface area contributed by atoms with Crippen molar-refractivity contribution in [3.05, 3.63) is 81.5 Å². The molecule has 1 heterocycles. The lowest BCUT2D eigenvalue weighted by Gasteiger charge is -2.03. The fourth-order valence-corrected chi connectivity index (χ4v) is 2.30. The summed E-state index contributed by atoms with van der Waals surface area (Å²) in [4.78, 5) is 26.3. The van der Waals surface area contributed by atoms with Crippen LogP contribution < -0.4 is 4.74 Å². The normalized spacial score (nSPS) is 15.2. The lowest BCUT2D eigenvalue weighted by molar-refractivity contribution is -0.384. The molecule has 0 aliphatic carbocycles. The van der Waals surface area contributed by atoms with Gasteiger partial charge in [0.25, 0.3) is 5.69 Å². The van der Waals surface area contributed by atoms with E-state index in [1.165, 1.54) is 18.2 Å². The molecular weight excluding hydrogens is 336 g/mol. The highest BCUT2D eigenvalue weighted by Crippen LogP contribution is 2.23. The van der Waals surface area contributed by atoms with Crippen molar-refractivity contribution in [1.29, 1.82) is 0 Å². The largest absolute Gasteiger partial charge is 0.496 e. The van der Waals surface area contributed by atoms with Crippen LogP contribution >= 0.6 is 0 Å². The van der Waals surface area contributed by atoms with Gasteiger partial charge in [0.2, 0.25) is 5.90 Å². The fraction of sp³-hybridized carbons (Fsp3) is 0.0526. The fourth-order valence-electron chi connectivity index (χ4n) is 2.30. The zero-order valence-corrected chi connectivity index (χ0v) is 13.8. The van der Waals surface area contributed by atoms with Crippen LogP contribution in [0.5, 0.6) is 5.75 Å². The van der Waals surface area contributed by atoms with Crippen LogP contribution in [0.3, 0.4) is 0 Å². The van der Waals surface area contributed by atoms with Crippen LogP contribution in [0.2, 0.25) is 0 Å². The Morgan fingerprint density at radius 2 is 1.85 bits per heavy atom. The molecule has 0 radical (unpaired) electrons. The van der Waals surface area contributed by atoms with E-state index in [2.05, 4.69) is 4.99 Å². The summed E-state index contributed by atoms with van der Waals surface area (Å²) in [5.74, 6) is 0.214. The predicted molar refractivity (Wildman–Crippen MR) is 96.6 cm³/mol. The van der Waals surface area contributed by atoms with Crippen molar-refractivity contribution < 1.29 is 19.2 Å². The molecule has 0 saturated carbocycles. The molecule has 1 aliphatic heterocycles. The van der Waals surface area contributed by atoms with E-state index < -0.39 is 10.9 Å². The van der Waals surface area contributed by atoms with E-state index in [1.807, 2.05) is 12.1 Å². The molecule has 130 valence electrons. The summed E-state index contributed by atoms with van der Waals surface area (Å²) in [6, 6.07) is 13.2. The van der Waals surface area contributed by atoms with Gasteiger partial charge < -0.3 is 9.47 Å². The van der Waals surface area contributed by atoms with E-state index in [-0.39, 0.29) is 17.3 Å². The monoisotopic (exact) mass is 350 g/mol. The number of hydrogen-bond donors (Lipinski definition) is 0.